The highest BCUT2D eigenvalue weighted by molar-refractivity contribution is 8.00. The van der Waals surface area contributed by atoms with E-state index in [-0.39, 0.29) is 49.2 Å². The standard InChI is InChI=1S/C32H40F3N3O7S.ClH/c1-18(2)27(30(41)43-17-44-31(42)32(3,4)5)45-22-8-6-19(7-9-22)16-37-28(40)29-38(10-11-46-29)26(39)14-21(36)12-20-13-24(34)25(35)15-23(20)33;/h6-9,13,15,18,21,27,29H,10-12,14,16-17,36H2,1-5H3,(H,37,40);1H/t21-,27?,29?;/m1./s1. The molecule has 0 bridgehead atoms. The summed E-state index contributed by atoms with van der Waals surface area (Å²) in [6.07, 6.45) is -1.35. The number of carbonyl (C=O) groups is 4. The number of thioether (sulfide) groups is 1. The molecule has 0 saturated carbocycles. The number of nitrogens with zero attached hydrogens (tertiary/aromatic N) is 1. The van der Waals surface area contributed by atoms with Crippen molar-refractivity contribution >= 4 is 47.9 Å². The zero-order chi connectivity index (χ0) is 34.2. The maximum atomic E-state index is 14.0. The van der Waals surface area contributed by atoms with Crippen molar-refractivity contribution in [1.29, 1.82) is 0 Å². The predicted molar refractivity (Wildman–Crippen MR) is 172 cm³/mol. The maximum absolute atomic E-state index is 14.0. The summed E-state index contributed by atoms with van der Waals surface area (Å²) in [5.74, 6) is -4.78. The van der Waals surface area contributed by atoms with Crippen LogP contribution >= 0.6 is 24.2 Å². The number of ether oxygens (including phenoxy) is 3. The van der Waals surface area contributed by atoms with Crippen LogP contribution in [0.25, 0.3) is 0 Å². The van der Waals surface area contributed by atoms with E-state index in [1.54, 1.807) is 58.9 Å². The monoisotopic (exact) mass is 703 g/mol. The number of hydrogen-bond donors (Lipinski definition) is 2. The molecule has 1 heterocycles. The van der Waals surface area contributed by atoms with Gasteiger partial charge in [-0.15, -0.1) is 24.2 Å². The minimum Gasteiger partial charge on any atom is -0.478 e. The molecule has 10 nitrogen and oxygen atoms in total. The summed E-state index contributed by atoms with van der Waals surface area (Å²) in [6, 6.07) is 7.00. The van der Waals surface area contributed by atoms with Gasteiger partial charge in [0.1, 0.15) is 11.6 Å². The molecule has 1 fully saturated rings. The fourth-order valence-electron chi connectivity index (χ4n) is 4.36. The van der Waals surface area contributed by atoms with E-state index in [4.69, 9.17) is 19.9 Å². The number of nitrogens with two attached hydrogens (primary N) is 1. The second-order valence-electron chi connectivity index (χ2n) is 12.2. The van der Waals surface area contributed by atoms with Crippen molar-refractivity contribution in [3.63, 3.8) is 0 Å². The summed E-state index contributed by atoms with van der Waals surface area (Å²) in [7, 11) is 0. The Labute approximate surface area is 282 Å². The van der Waals surface area contributed by atoms with E-state index < -0.39 is 65.0 Å². The molecule has 0 aliphatic carbocycles. The van der Waals surface area contributed by atoms with E-state index in [9.17, 15) is 32.3 Å². The van der Waals surface area contributed by atoms with Crippen LogP contribution in [0.3, 0.4) is 0 Å². The van der Waals surface area contributed by atoms with E-state index in [2.05, 4.69) is 5.32 Å². The van der Waals surface area contributed by atoms with Gasteiger partial charge in [-0.2, -0.15) is 0 Å². The summed E-state index contributed by atoms with van der Waals surface area (Å²) >= 11 is 1.29. The lowest BCUT2D eigenvalue weighted by Crippen LogP contribution is -2.46. The first-order valence-electron chi connectivity index (χ1n) is 14.7. The minimum absolute atomic E-state index is 0. The lowest BCUT2D eigenvalue weighted by molar-refractivity contribution is -0.178. The van der Waals surface area contributed by atoms with Gasteiger partial charge in [0.15, 0.2) is 23.1 Å². The van der Waals surface area contributed by atoms with Crippen molar-refractivity contribution < 1.29 is 46.6 Å². The van der Waals surface area contributed by atoms with Crippen molar-refractivity contribution in [1.82, 2.24) is 10.2 Å². The molecule has 2 aromatic rings. The van der Waals surface area contributed by atoms with Crippen LogP contribution in [0.4, 0.5) is 13.2 Å². The van der Waals surface area contributed by atoms with E-state index in [1.165, 1.54) is 16.7 Å². The average Bonchev–Trinajstić information content (AvgIpc) is 3.48. The number of rotatable bonds is 13. The van der Waals surface area contributed by atoms with E-state index >= 15 is 0 Å². The quantitative estimate of drug-likeness (QED) is 0.176. The lowest BCUT2D eigenvalue weighted by atomic mass is 9.98. The fraction of sp³-hybridized carbons (Fsp3) is 0.500. The molecule has 2 amide bonds. The molecule has 15 heteroatoms. The Morgan fingerprint density at radius 1 is 1.02 bits per heavy atom. The van der Waals surface area contributed by atoms with Gasteiger partial charge in [0, 0.05) is 43.3 Å². The van der Waals surface area contributed by atoms with Crippen molar-refractivity contribution in [2.75, 3.05) is 19.1 Å². The first-order valence-corrected chi connectivity index (χ1v) is 15.8. The second kappa shape index (κ2) is 17.6. The molecule has 2 aromatic carbocycles. The molecule has 1 aliphatic heterocycles. The summed E-state index contributed by atoms with van der Waals surface area (Å²) in [6.45, 7) is 8.57. The zero-order valence-corrected chi connectivity index (χ0v) is 28.5. The molecule has 3 rings (SSSR count). The molecule has 1 aliphatic rings. The number of carbonyl (C=O) groups excluding carboxylic acids is 4. The van der Waals surface area contributed by atoms with Crippen LogP contribution in [0.5, 0.6) is 5.75 Å². The third-order valence-electron chi connectivity index (χ3n) is 6.94. The maximum Gasteiger partial charge on any atom is 0.350 e. The predicted octanol–water partition coefficient (Wildman–Crippen LogP) is 4.50. The van der Waals surface area contributed by atoms with Crippen molar-refractivity contribution in [2.24, 2.45) is 17.1 Å². The normalized spacial score (nSPS) is 15.8. The molecule has 0 aromatic heterocycles. The third kappa shape index (κ3) is 11.6. The second-order valence-corrected chi connectivity index (χ2v) is 13.4. The molecule has 3 N–H and O–H groups in total. The van der Waals surface area contributed by atoms with Gasteiger partial charge in [-0.25, -0.2) is 18.0 Å². The van der Waals surface area contributed by atoms with Crippen LogP contribution < -0.4 is 15.8 Å². The first-order chi connectivity index (χ1) is 21.6. The van der Waals surface area contributed by atoms with Gasteiger partial charge < -0.3 is 30.2 Å². The highest BCUT2D eigenvalue weighted by Crippen LogP contribution is 2.26. The van der Waals surface area contributed by atoms with Crippen molar-refractivity contribution in [3.05, 3.63) is 65.0 Å². The average molecular weight is 704 g/mol. The Morgan fingerprint density at radius 2 is 1.66 bits per heavy atom. The van der Waals surface area contributed by atoms with Crippen molar-refractivity contribution in [3.8, 4) is 5.75 Å². The van der Waals surface area contributed by atoms with Crippen LogP contribution in [0.1, 0.15) is 52.2 Å². The van der Waals surface area contributed by atoms with Gasteiger partial charge in [0.05, 0.1) is 5.41 Å². The van der Waals surface area contributed by atoms with Crippen LogP contribution in [0, 0.1) is 28.8 Å². The third-order valence-corrected chi connectivity index (χ3v) is 8.14. The largest absolute Gasteiger partial charge is 0.478 e. The zero-order valence-electron chi connectivity index (χ0n) is 26.8. The Hall–Kier alpha value is -3.49. The topological polar surface area (TPSA) is 137 Å². The Morgan fingerprint density at radius 3 is 2.28 bits per heavy atom. The van der Waals surface area contributed by atoms with E-state index in [0.29, 0.717) is 24.1 Å². The van der Waals surface area contributed by atoms with Crippen molar-refractivity contribution in [2.45, 2.75) is 71.5 Å². The number of nitrogens with one attached hydrogen (secondary N) is 1. The summed E-state index contributed by atoms with van der Waals surface area (Å²) in [4.78, 5) is 51.8. The van der Waals surface area contributed by atoms with Gasteiger partial charge in [-0.3, -0.25) is 14.4 Å². The molecular weight excluding hydrogens is 663 g/mol. The Balaban J connectivity index is 0.00000768. The summed E-state index contributed by atoms with van der Waals surface area (Å²) in [5, 5.41) is 2.02. The molecule has 47 heavy (non-hydrogen) atoms. The summed E-state index contributed by atoms with van der Waals surface area (Å²) < 4.78 is 56.7. The van der Waals surface area contributed by atoms with Gasteiger partial charge in [-0.1, -0.05) is 26.0 Å². The van der Waals surface area contributed by atoms with Crippen LogP contribution in [0.15, 0.2) is 36.4 Å². The summed E-state index contributed by atoms with van der Waals surface area (Å²) in [5.41, 5.74) is 5.88. The SMILES string of the molecule is CC(C)C(Oc1ccc(CNC(=O)C2SCCN2C(=O)C[C@H](N)Cc2cc(F)c(F)cc2F)cc1)C(=O)OCOC(=O)C(C)(C)C.Cl. The Bertz CT molecular complexity index is 1410. The molecule has 260 valence electrons. The van der Waals surface area contributed by atoms with Gasteiger partial charge in [0.25, 0.3) is 5.91 Å². The van der Waals surface area contributed by atoms with Gasteiger partial charge >= 0.3 is 11.9 Å². The molecule has 3 atom stereocenters. The number of amides is 2. The molecular formula is C32H41ClF3N3O7S. The fourth-order valence-corrected chi connectivity index (χ4v) is 5.53. The molecule has 1 saturated heterocycles. The lowest BCUT2D eigenvalue weighted by Gasteiger charge is -2.24. The van der Waals surface area contributed by atoms with Crippen LogP contribution in [0.2, 0.25) is 0 Å². The molecule has 2 unspecified atom stereocenters. The molecule has 0 spiro atoms. The minimum atomic E-state index is -1.31. The highest BCUT2D eigenvalue weighted by Gasteiger charge is 2.35. The van der Waals surface area contributed by atoms with Crippen LogP contribution in [-0.2, 0) is 41.6 Å². The van der Waals surface area contributed by atoms with Crippen LogP contribution in [-0.4, -0.2) is 65.3 Å². The van der Waals surface area contributed by atoms with E-state index in [1.807, 2.05) is 0 Å². The van der Waals surface area contributed by atoms with Gasteiger partial charge in [0.2, 0.25) is 12.7 Å². The number of benzene rings is 2. The number of halogens is 4. The number of hydrogen-bond acceptors (Lipinski definition) is 9. The highest BCUT2D eigenvalue weighted by atomic mass is 35.5. The number of esters is 2. The van der Waals surface area contributed by atoms with E-state index in [0.717, 1.165) is 11.6 Å². The smallest absolute Gasteiger partial charge is 0.350 e. The molecule has 0 radical (unpaired) electrons. The Kier molecular flexibility index (Phi) is 14.9. The first kappa shape index (κ1) is 39.7. The van der Waals surface area contributed by atoms with Gasteiger partial charge in [-0.05, 0) is 56.5 Å².